The van der Waals surface area contributed by atoms with Crippen LogP contribution >= 0.6 is 23.1 Å². The summed E-state index contributed by atoms with van der Waals surface area (Å²) in [5.41, 5.74) is 1.42. The number of hydrogen-bond donors (Lipinski definition) is 1. The van der Waals surface area contributed by atoms with Gasteiger partial charge in [-0.3, -0.25) is 14.4 Å². The van der Waals surface area contributed by atoms with Crippen LogP contribution in [0.3, 0.4) is 0 Å². The second-order valence-corrected chi connectivity index (χ2v) is 7.99. The lowest BCUT2D eigenvalue weighted by molar-refractivity contribution is -0.144. The van der Waals surface area contributed by atoms with E-state index in [9.17, 15) is 14.4 Å². The van der Waals surface area contributed by atoms with Crippen LogP contribution in [-0.4, -0.2) is 36.7 Å². The van der Waals surface area contributed by atoms with Gasteiger partial charge >= 0.3 is 5.97 Å². The number of nitrogens with zero attached hydrogens (tertiary/aromatic N) is 1. The molecule has 1 aliphatic rings. The molecule has 27 heavy (non-hydrogen) atoms. The summed E-state index contributed by atoms with van der Waals surface area (Å²) in [6.07, 6.45) is 1.45. The number of thiophene rings is 1. The molecule has 1 fully saturated rings. The van der Waals surface area contributed by atoms with Gasteiger partial charge in [0.15, 0.2) is 6.61 Å². The number of benzene rings is 1. The molecule has 0 saturated carbocycles. The van der Waals surface area contributed by atoms with Crippen molar-refractivity contribution in [1.82, 2.24) is 0 Å². The zero-order valence-electron chi connectivity index (χ0n) is 14.7. The van der Waals surface area contributed by atoms with Crippen molar-refractivity contribution in [2.45, 2.75) is 18.6 Å². The SMILES string of the molecule is O=C(COC(=O)CSCc1cccs1)Nc1ccc(N2CCCC2=O)cc1. The quantitative estimate of drug-likeness (QED) is 0.684. The van der Waals surface area contributed by atoms with Gasteiger partial charge in [-0.05, 0) is 42.1 Å². The Bertz CT molecular complexity index is 791. The molecule has 1 aromatic carbocycles. The largest absolute Gasteiger partial charge is 0.455 e. The minimum absolute atomic E-state index is 0.121. The summed E-state index contributed by atoms with van der Waals surface area (Å²) in [4.78, 5) is 38.3. The second-order valence-electron chi connectivity index (χ2n) is 5.98. The van der Waals surface area contributed by atoms with E-state index in [-0.39, 0.29) is 18.3 Å². The van der Waals surface area contributed by atoms with Crippen LogP contribution in [0.2, 0.25) is 0 Å². The first kappa shape index (κ1) is 19.4. The lowest BCUT2D eigenvalue weighted by Gasteiger charge is -2.16. The van der Waals surface area contributed by atoms with Crippen LogP contribution in [0, 0.1) is 0 Å². The molecule has 3 rings (SSSR count). The molecule has 0 radical (unpaired) electrons. The molecule has 2 aromatic rings. The van der Waals surface area contributed by atoms with Crippen molar-refractivity contribution in [2.24, 2.45) is 0 Å². The molecule has 0 atom stereocenters. The van der Waals surface area contributed by atoms with E-state index >= 15 is 0 Å². The molecule has 2 heterocycles. The summed E-state index contributed by atoms with van der Waals surface area (Å²) in [5, 5.41) is 4.67. The van der Waals surface area contributed by atoms with Crippen molar-refractivity contribution in [1.29, 1.82) is 0 Å². The van der Waals surface area contributed by atoms with E-state index in [0.717, 1.165) is 24.4 Å². The average molecular weight is 405 g/mol. The monoisotopic (exact) mass is 404 g/mol. The lowest BCUT2D eigenvalue weighted by atomic mass is 10.2. The zero-order valence-corrected chi connectivity index (χ0v) is 16.3. The third-order valence-corrected chi connectivity index (χ3v) is 5.96. The number of thioether (sulfide) groups is 1. The van der Waals surface area contributed by atoms with Crippen LogP contribution < -0.4 is 10.2 Å². The standard InChI is InChI=1S/C19H20N2O4S2/c22-17(11-25-19(24)13-26-12-16-3-2-10-27-16)20-14-5-7-15(8-6-14)21-9-1-4-18(21)23/h2-3,5-8,10H,1,4,9,11-13H2,(H,20,22). The van der Waals surface area contributed by atoms with Crippen LogP contribution in [0.15, 0.2) is 41.8 Å². The first-order chi connectivity index (χ1) is 13.1. The molecule has 0 spiro atoms. The van der Waals surface area contributed by atoms with Gasteiger partial charge in [0.2, 0.25) is 5.91 Å². The Morgan fingerprint density at radius 2 is 2.04 bits per heavy atom. The molecule has 142 valence electrons. The van der Waals surface area contributed by atoms with Gasteiger partial charge in [-0.15, -0.1) is 23.1 Å². The predicted molar refractivity (Wildman–Crippen MR) is 108 cm³/mol. The van der Waals surface area contributed by atoms with Gasteiger partial charge in [0.25, 0.3) is 5.91 Å². The molecule has 1 aliphatic heterocycles. The van der Waals surface area contributed by atoms with E-state index in [1.807, 2.05) is 17.5 Å². The first-order valence-corrected chi connectivity index (χ1v) is 10.6. The number of carbonyl (C=O) groups is 3. The summed E-state index contributed by atoms with van der Waals surface area (Å²) >= 11 is 3.10. The number of amides is 2. The molecule has 1 saturated heterocycles. The molecular formula is C19H20N2O4S2. The van der Waals surface area contributed by atoms with E-state index in [2.05, 4.69) is 5.32 Å². The lowest BCUT2D eigenvalue weighted by Crippen LogP contribution is -2.24. The van der Waals surface area contributed by atoms with Gasteiger partial charge in [0.1, 0.15) is 0 Å². The summed E-state index contributed by atoms with van der Waals surface area (Å²) in [6.45, 7) is 0.412. The van der Waals surface area contributed by atoms with Crippen LogP contribution in [0.25, 0.3) is 0 Å². The Labute approximate surface area is 165 Å². The summed E-state index contributed by atoms with van der Waals surface area (Å²) in [7, 11) is 0. The maximum absolute atomic E-state index is 11.9. The minimum atomic E-state index is -0.408. The van der Waals surface area contributed by atoms with Gasteiger partial charge in [0, 0.05) is 35.0 Å². The number of hydrogen-bond acceptors (Lipinski definition) is 6. The highest BCUT2D eigenvalue weighted by atomic mass is 32.2. The first-order valence-electron chi connectivity index (χ1n) is 8.58. The van der Waals surface area contributed by atoms with Crippen molar-refractivity contribution in [3.8, 4) is 0 Å². The maximum Gasteiger partial charge on any atom is 0.316 e. The highest BCUT2D eigenvalue weighted by Crippen LogP contribution is 2.23. The fourth-order valence-corrected chi connectivity index (χ4v) is 4.32. The summed E-state index contributed by atoms with van der Waals surface area (Å²) in [6, 6.07) is 11.0. The Balaban J connectivity index is 1.37. The third-order valence-electron chi connectivity index (χ3n) is 3.94. The minimum Gasteiger partial charge on any atom is -0.455 e. The van der Waals surface area contributed by atoms with Gasteiger partial charge in [0.05, 0.1) is 5.75 Å². The van der Waals surface area contributed by atoms with Crippen LogP contribution in [0.5, 0.6) is 0 Å². The number of nitrogens with one attached hydrogen (secondary N) is 1. The maximum atomic E-state index is 11.9. The molecule has 1 N–H and O–H groups in total. The Kier molecular flexibility index (Phi) is 6.89. The van der Waals surface area contributed by atoms with Crippen molar-refractivity contribution < 1.29 is 19.1 Å². The van der Waals surface area contributed by atoms with Gasteiger partial charge in [-0.1, -0.05) is 6.07 Å². The summed E-state index contributed by atoms with van der Waals surface area (Å²) < 4.78 is 4.99. The zero-order chi connectivity index (χ0) is 19.1. The number of anilines is 2. The fourth-order valence-electron chi connectivity index (χ4n) is 2.66. The van der Waals surface area contributed by atoms with Crippen LogP contribution in [0.1, 0.15) is 17.7 Å². The second kappa shape index (κ2) is 9.57. The molecule has 1 aromatic heterocycles. The van der Waals surface area contributed by atoms with Crippen LogP contribution in [0.4, 0.5) is 11.4 Å². The normalized spacial score (nSPS) is 13.6. The average Bonchev–Trinajstić information content (AvgIpc) is 3.32. The van der Waals surface area contributed by atoms with E-state index in [4.69, 9.17) is 4.74 Å². The van der Waals surface area contributed by atoms with E-state index < -0.39 is 11.9 Å². The van der Waals surface area contributed by atoms with Crippen molar-refractivity contribution >= 4 is 52.3 Å². The smallest absolute Gasteiger partial charge is 0.316 e. The highest BCUT2D eigenvalue weighted by molar-refractivity contribution is 7.99. The number of ether oxygens (including phenoxy) is 1. The predicted octanol–water partition coefficient (Wildman–Crippen LogP) is 3.29. The fraction of sp³-hybridized carbons (Fsp3) is 0.316. The van der Waals surface area contributed by atoms with Crippen LogP contribution in [-0.2, 0) is 24.9 Å². The van der Waals surface area contributed by atoms with Gasteiger partial charge in [-0.25, -0.2) is 0 Å². The van der Waals surface area contributed by atoms with Crippen molar-refractivity contribution in [2.75, 3.05) is 29.1 Å². The molecule has 2 amide bonds. The Morgan fingerprint density at radius 3 is 2.70 bits per heavy atom. The molecule has 0 bridgehead atoms. The van der Waals surface area contributed by atoms with Gasteiger partial charge < -0.3 is 15.0 Å². The molecule has 0 unspecified atom stereocenters. The Hall–Kier alpha value is -2.32. The van der Waals surface area contributed by atoms with E-state index in [1.165, 1.54) is 16.6 Å². The molecular weight excluding hydrogens is 384 g/mol. The molecule has 8 heteroatoms. The summed E-state index contributed by atoms with van der Waals surface area (Å²) in [5.74, 6) is 0.288. The third kappa shape index (κ3) is 5.83. The van der Waals surface area contributed by atoms with E-state index in [1.54, 1.807) is 40.5 Å². The number of rotatable bonds is 8. The highest BCUT2D eigenvalue weighted by Gasteiger charge is 2.21. The number of esters is 1. The molecule has 0 aliphatic carbocycles. The van der Waals surface area contributed by atoms with E-state index in [0.29, 0.717) is 12.1 Å². The van der Waals surface area contributed by atoms with Crippen molar-refractivity contribution in [3.63, 3.8) is 0 Å². The van der Waals surface area contributed by atoms with Gasteiger partial charge in [-0.2, -0.15) is 0 Å². The molecule has 6 nitrogen and oxygen atoms in total. The van der Waals surface area contributed by atoms with Crippen molar-refractivity contribution in [3.05, 3.63) is 46.7 Å². The number of carbonyl (C=O) groups excluding carboxylic acids is 3. The Morgan fingerprint density at radius 1 is 1.22 bits per heavy atom. The topological polar surface area (TPSA) is 75.7 Å².